The summed E-state index contributed by atoms with van der Waals surface area (Å²) in [5.41, 5.74) is 3.84. The van der Waals surface area contributed by atoms with Crippen LogP contribution in [0, 0.1) is 6.92 Å². The van der Waals surface area contributed by atoms with Gasteiger partial charge in [-0.15, -0.1) is 0 Å². The van der Waals surface area contributed by atoms with Crippen molar-refractivity contribution in [1.82, 2.24) is 9.80 Å². The number of hydrogen-bond donors (Lipinski definition) is 1. The third-order valence-electron chi connectivity index (χ3n) is 6.45. The molecule has 3 aromatic carbocycles. The molecule has 7 nitrogen and oxygen atoms in total. The van der Waals surface area contributed by atoms with Gasteiger partial charge < -0.3 is 4.90 Å². The fraction of sp³-hybridized carbons (Fsp3) is 0.241. The molecule has 1 aliphatic heterocycles. The van der Waals surface area contributed by atoms with Gasteiger partial charge in [0, 0.05) is 43.9 Å². The fourth-order valence-electron chi connectivity index (χ4n) is 4.48. The maximum Gasteiger partial charge on any atom is 0.264 e. The summed E-state index contributed by atoms with van der Waals surface area (Å²) in [4.78, 5) is 21.4. The number of aryl methyl sites for hydroxylation is 1. The number of nitrogens with one attached hydrogen (secondary N) is 1. The van der Waals surface area contributed by atoms with E-state index in [4.69, 9.17) is 0 Å². The summed E-state index contributed by atoms with van der Waals surface area (Å²) in [7, 11) is -3.92. The van der Waals surface area contributed by atoms with Crippen molar-refractivity contribution in [2.45, 2.75) is 25.3 Å². The van der Waals surface area contributed by atoms with Gasteiger partial charge in [0.25, 0.3) is 15.9 Å². The molecule has 0 bridgehead atoms. The average Bonchev–Trinajstić information content (AvgIpc) is 2.90. The van der Waals surface area contributed by atoms with Crippen molar-refractivity contribution < 1.29 is 13.2 Å². The van der Waals surface area contributed by atoms with E-state index < -0.39 is 10.0 Å². The fourth-order valence-corrected chi connectivity index (χ4v) is 5.81. The molecule has 1 saturated heterocycles. The quantitative estimate of drug-likeness (QED) is 0.422. The van der Waals surface area contributed by atoms with Crippen molar-refractivity contribution in [2.75, 3.05) is 30.9 Å². The number of amides is 1. The molecular formula is C29H32N4O3S. The molecule has 3 aromatic rings. The highest BCUT2D eigenvalue weighted by atomic mass is 32.2. The third kappa shape index (κ3) is 6.15. The number of anilines is 1. The largest absolute Gasteiger partial charge is 0.336 e. The minimum absolute atomic E-state index is 0.0472. The Labute approximate surface area is 219 Å². The number of para-hydroxylation sites is 1. The normalized spacial score (nSPS) is 14.6. The van der Waals surface area contributed by atoms with E-state index in [9.17, 15) is 13.2 Å². The molecule has 1 amide bonds. The molecular weight excluding hydrogens is 484 g/mol. The van der Waals surface area contributed by atoms with E-state index in [-0.39, 0.29) is 10.8 Å². The molecule has 1 N–H and O–H groups in total. The zero-order valence-corrected chi connectivity index (χ0v) is 22.0. The van der Waals surface area contributed by atoms with Gasteiger partial charge in [0.2, 0.25) is 0 Å². The Bertz CT molecular complexity index is 1410. The molecule has 0 spiro atoms. The Morgan fingerprint density at radius 3 is 2.41 bits per heavy atom. The molecule has 0 unspecified atom stereocenters. The van der Waals surface area contributed by atoms with Gasteiger partial charge >= 0.3 is 0 Å². The van der Waals surface area contributed by atoms with Gasteiger partial charge in [0.05, 0.1) is 11.4 Å². The van der Waals surface area contributed by atoms with Crippen LogP contribution in [0.3, 0.4) is 0 Å². The zero-order valence-electron chi connectivity index (χ0n) is 21.2. The second-order valence-corrected chi connectivity index (χ2v) is 10.7. The van der Waals surface area contributed by atoms with Crippen LogP contribution in [-0.2, 0) is 16.6 Å². The van der Waals surface area contributed by atoms with E-state index in [1.807, 2.05) is 36.1 Å². The second-order valence-electron chi connectivity index (χ2n) is 9.04. The van der Waals surface area contributed by atoms with Gasteiger partial charge in [0.1, 0.15) is 4.90 Å². The zero-order chi connectivity index (χ0) is 26.4. The lowest BCUT2D eigenvalue weighted by Crippen LogP contribution is -2.48. The standard InChI is InChI=1S/C29H32N4O3S/c1-4-9-24-12-8-13-27(28(24)30-3)37(35,36)31-26-15-14-25(20-22(26)2)29(34)33-18-16-32(17-19-33)21-23-10-6-5-7-11-23/h4-15,20,31H,3,16-19,21H2,1-2H3/b9-4-. The molecule has 0 saturated carbocycles. The summed E-state index contributed by atoms with van der Waals surface area (Å²) >= 11 is 0. The number of piperazine rings is 1. The molecule has 0 radical (unpaired) electrons. The Morgan fingerprint density at radius 2 is 1.76 bits per heavy atom. The van der Waals surface area contributed by atoms with Gasteiger partial charge in [-0.05, 0) is 56.0 Å². The van der Waals surface area contributed by atoms with E-state index >= 15 is 0 Å². The number of carbonyl (C=O) groups excluding carboxylic acids is 1. The SMILES string of the molecule is C=Nc1c(/C=C\C)cccc1S(=O)(=O)Nc1ccc(C(=O)N2CCN(Cc3ccccc3)CC2)cc1C. The van der Waals surface area contributed by atoms with Crippen molar-refractivity contribution >= 4 is 40.1 Å². The maximum absolute atomic E-state index is 13.2. The lowest BCUT2D eigenvalue weighted by atomic mass is 10.1. The topological polar surface area (TPSA) is 82.1 Å². The molecule has 0 aromatic heterocycles. The predicted molar refractivity (Wildman–Crippen MR) is 150 cm³/mol. The summed E-state index contributed by atoms with van der Waals surface area (Å²) in [5, 5.41) is 0. The number of nitrogens with zero attached hydrogens (tertiary/aromatic N) is 3. The highest BCUT2D eigenvalue weighted by molar-refractivity contribution is 7.92. The van der Waals surface area contributed by atoms with Crippen molar-refractivity contribution in [3.63, 3.8) is 0 Å². The summed E-state index contributed by atoms with van der Waals surface area (Å²) < 4.78 is 29.1. The van der Waals surface area contributed by atoms with Crippen LogP contribution in [-0.4, -0.2) is 57.0 Å². The highest BCUT2D eigenvalue weighted by Crippen LogP contribution is 2.31. The lowest BCUT2D eigenvalue weighted by molar-refractivity contribution is 0.0628. The Morgan fingerprint density at radius 1 is 1.03 bits per heavy atom. The van der Waals surface area contributed by atoms with Crippen LogP contribution in [0.4, 0.5) is 11.4 Å². The predicted octanol–water partition coefficient (Wildman–Crippen LogP) is 5.12. The van der Waals surface area contributed by atoms with Crippen molar-refractivity contribution in [3.05, 3.63) is 95.1 Å². The van der Waals surface area contributed by atoms with Crippen molar-refractivity contribution in [3.8, 4) is 0 Å². The third-order valence-corrected chi connectivity index (χ3v) is 7.85. The molecule has 8 heteroatoms. The van der Waals surface area contributed by atoms with E-state index in [0.29, 0.717) is 41.2 Å². The summed E-state index contributed by atoms with van der Waals surface area (Å²) in [6.07, 6.45) is 3.60. The van der Waals surface area contributed by atoms with Crippen LogP contribution in [0.15, 0.2) is 82.7 Å². The van der Waals surface area contributed by atoms with Gasteiger partial charge in [-0.3, -0.25) is 19.4 Å². The molecule has 0 aliphatic carbocycles. The Kier molecular flexibility index (Phi) is 8.21. The second kappa shape index (κ2) is 11.5. The molecule has 4 rings (SSSR count). The van der Waals surface area contributed by atoms with Gasteiger partial charge in [-0.25, -0.2) is 8.42 Å². The molecule has 192 valence electrons. The first-order valence-electron chi connectivity index (χ1n) is 12.2. The smallest absolute Gasteiger partial charge is 0.264 e. The Hall–Kier alpha value is -3.75. The summed E-state index contributed by atoms with van der Waals surface area (Å²) in [5.74, 6) is -0.0472. The van der Waals surface area contributed by atoms with Crippen LogP contribution < -0.4 is 4.72 Å². The number of carbonyl (C=O) groups is 1. The molecule has 1 aliphatic rings. The first-order valence-corrected chi connectivity index (χ1v) is 13.7. The van der Waals surface area contributed by atoms with Crippen LogP contribution in [0.1, 0.15) is 34.0 Å². The number of aliphatic imine (C=N–C) groups is 1. The number of sulfonamides is 1. The van der Waals surface area contributed by atoms with Crippen LogP contribution in [0.2, 0.25) is 0 Å². The molecule has 0 atom stereocenters. The average molecular weight is 517 g/mol. The van der Waals surface area contributed by atoms with E-state index in [1.165, 1.54) is 11.6 Å². The van der Waals surface area contributed by atoms with Crippen LogP contribution in [0.25, 0.3) is 6.08 Å². The van der Waals surface area contributed by atoms with Crippen LogP contribution >= 0.6 is 0 Å². The van der Waals surface area contributed by atoms with Crippen LogP contribution in [0.5, 0.6) is 0 Å². The van der Waals surface area contributed by atoms with E-state index in [1.54, 1.807) is 43.3 Å². The Balaban J connectivity index is 1.44. The number of rotatable bonds is 8. The lowest BCUT2D eigenvalue weighted by Gasteiger charge is -2.35. The number of allylic oxidation sites excluding steroid dienone is 1. The summed E-state index contributed by atoms with van der Waals surface area (Å²) in [6, 6.07) is 20.3. The van der Waals surface area contributed by atoms with E-state index in [0.717, 1.165) is 19.6 Å². The monoisotopic (exact) mass is 516 g/mol. The minimum Gasteiger partial charge on any atom is -0.336 e. The maximum atomic E-state index is 13.2. The van der Waals surface area contributed by atoms with Crippen molar-refractivity contribution in [2.24, 2.45) is 4.99 Å². The van der Waals surface area contributed by atoms with Gasteiger partial charge in [-0.2, -0.15) is 0 Å². The number of benzene rings is 3. The highest BCUT2D eigenvalue weighted by Gasteiger charge is 2.24. The first-order chi connectivity index (χ1) is 17.8. The molecule has 1 fully saturated rings. The van der Waals surface area contributed by atoms with Gasteiger partial charge in [-0.1, -0.05) is 54.6 Å². The van der Waals surface area contributed by atoms with E-state index in [2.05, 4.69) is 33.5 Å². The van der Waals surface area contributed by atoms with Gasteiger partial charge in [0.15, 0.2) is 0 Å². The minimum atomic E-state index is -3.92. The first kappa shape index (κ1) is 26.3. The van der Waals surface area contributed by atoms with Crippen molar-refractivity contribution in [1.29, 1.82) is 0 Å². The number of hydrogen-bond acceptors (Lipinski definition) is 5. The molecule has 37 heavy (non-hydrogen) atoms. The summed E-state index contributed by atoms with van der Waals surface area (Å²) in [6.45, 7) is 11.0. The molecule has 1 heterocycles.